The molecule has 11 nitrogen and oxygen atoms in total. The number of nitrogens with one attached hydrogen (secondary N) is 1. The molecule has 3 heterocycles. The highest BCUT2D eigenvalue weighted by atomic mass is 32.2. The molecule has 14 atom stereocenters. The van der Waals surface area contributed by atoms with Gasteiger partial charge in [0.25, 0.3) is 0 Å². The lowest BCUT2D eigenvalue weighted by Gasteiger charge is -2.62. The summed E-state index contributed by atoms with van der Waals surface area (Å²) in [4.78, 5) is 13.0. The second-order valence-electron chi connectivity index (χ2n) is 18.6. The SMILES string of the molecule is C[C@H](CCC(=O)NS(=O)(=O)OC[C@@]12OC[C@H]3OC(C)(C)O[C@H]3C1CC(C)(C)O2)[C@H]1CCC2C3C(O)C[C@@H]4C[C@H](O)CC[C@]4(C)C3CC[C@@]21C. The normalized spacial score (nSPS) is 48.8. The highest BCUT2D eigenvalue weighted by Crippen LogP contribution is 2.68. The molecule has 7 aliphatic rings. The summed E-state index contributed by atoms with van der Waals surface area (Å²) in [5.74, 6) is -0.788. The molecule has 3 aliphatic heterocycles. The van der Waals surface area contributed by atoms with Crippen molar-refractivity contribution in [2.45, 2.75) is 161 Å². The van der Waals surface area contributed by atoms with E-state index in [2.05, 4.69) is 25.5 Å². The lowest BCUT2D eigenvalue weighted by molar-refractivity contribution is -0.305. The number of hydrogen-bond donors (Lipinski definition) is 3. The quantitative estimate of drug-likeness (QED) is 0.320. The zero-order chi connectivity index (χ0) is 35.4. The first-order chi connectivity index (χ1) is 22.8. The van der Waals surface area contributed by atoms with Gasteiger partial charge in [-0.15, -0.1) is 0 Å². The van der Waals surface area contributed by atoms with Crippen molar-refractivity contribution in [2.24, 2.45) is 52.3 Å². The first-order valence-electron chi connectivity index (χ1n) is 19.0. The van der Waals surface area contributed by atoms with Crippen molar-refractivity contribution in [2.75, 3.05) is 13.2 Å². The molecule has 3 saturated heterocycles. The third-order valence-corrected chi connectivity index (χ3v) is 15.6. The fourth-order valence-corrected chi connectivity index (χ4v) is 13.4. The summed E-state index contributed by atoms with van der Waals surface area (Å²) in [5.41, 5.74) is -0.328. The van der Waals surface area contributed by atoms with Crippen molar-refractivity contribution < 1.29 is 46.6 Å². The van der Waals surface area contributed by atoms with Crippen LogP contribution in [0.2, 0.25) is 0 Å². The molecule has 4 aliphatic carbocycles. The number of aliphatic hydroxyl groups is 2. The lowest BCUT2D eigenvalue weighted by Crippen LogP contribution is -2.58. The largest absolute Gasteiger partial charge is 0.393 e. The van der Waals surface area contributed by atoms with Crippen LogP contribution in [0, 0.1) is 52.3 Å². The van der Waals surface area contributed by atoms with Gasteiger partial charge in [-0.3, -0.25) is 4.79 Å². The van der Waals surface area contributed by atoms with E-state index in [1.54, 1.807) is 0 Å². The summed E-state index contributed by atoms with van der Waals surface area (Å²) in [7, 11) is -4.42. The Morgan fingerprint density at radius 2 is 1.65 bits per heavy atom. The molecule has 0 aromatic carbocycles. The zero-order valence-electron chi connectivity index (χ0n) is 30.6. The molecule has 7 fully saturated rings. The van der Waals surface area contributed by atoms with Gasteiger partial charge < -0.3 is 29.2 Å². The Labute approximate surface area is 293 Å². The van der Waals surface area contributed by atoms with Gasteiger partial charge in [0.1, 0.15) is 12.7 Å². The van der Waals surface area contributed by atoms with Gasteiger partial charge in [-0.05, 0) is 138 Å². The van der Waals surface area contributed by atoms with Crippen LogP contribution in [0.4, 0.5) is 0 Å². The van der Waals surface area contributed by atoms with Gasteiger partial charge in [0, 0.05) is 12.3 Å². The molecule has 49 heavy (non-hydrogen) atoms. The minimum Gasteiger partial charge on any atom is -0.393 e. The van der Waals surface area contributed by atoms with Crippen LogP contribution < -0.4 is 4.72 Å². The summed E-state index contributed by atoms with van der Waals surface area (Å²) in [6.45, 7) is 14.4. The molecule has 7 rings (SSSR count). The first-order valence-corrected chi connectivity index (χ1v) is 20.4. The van der Waals surface area contributed by atoms with Crippen LogP contribution in [0.3, 0.4) is 0 Å². The Kier molecular flexibility index (Phi) is 9.20. The van der Waals surface area contributed by atoms with E-state index in [0.29, 0.717) is 36.5 Å². The van der Waals surface area contributed by atoms with Gasteiger partial charge in [-0.1, -0.05) is 20.8 Å². The minimum atomic E-state index is -4.42. The highest BCUT2D eigenvalue weighted by molar-refractivity contribution is 7.85. The smallest absolute Gasteiger partial charge is 0.362 e. The maximum absolute atomic E-state index is 13.1. The van der Waals surface area contributed by atoms with Crippen LogP contribution in [-0.4, -0.2) is 79.3 Å². The summed E-state index contributed by atoms with van der Waals surface area (Å²) in [6, 6.07) is 0. The second-order valence-corrected chi connectivity index (χ2v) is 20.0. The Morgan fingerprint density at radius 3 is 2.41 bits per heavy atom. The van der Waals surface area contributed by atoms with E-state index < -0.39 is 40.0 Å². The summed E-state index contributed by atoms with van der Waals surface area (Å²) < 4.78 is 58.3. The van der Waals surface area contributed by atoms with Crippen LogP contribution >= 0.6 is 0 Å². The Morgan fingerprint density at radius 1 is 0.939 bits per heavy atom. The molecule has 0 spiro atoms. The predicted octanol–water partition coefficient (Wildman–Crippen LogP) is 4.83. The molecule has 12 heteroatoms. The molecular formula is C37H61NO10S. The van der Waals surface area contributed by atoms with Crippen molar-refractivity contribution in [3.05, 3.63) is 0 Å². The molecule has 0 aromatic heterocycles. The average Bonchev–Trinajstić information content (AvgIpc) is 3.62. The maximum atomic E-state index is 13.1. The Bertz CT molecular complexity index is 1390. The minimum absolute atomic E-state index is 0.0789. The molecule has 280 valence electrons. The van der Waals surface area contributed by atoms with Gasteiger partial charge in [0.2, 0.25) is 5.91 Å². The lowest BCUT2D eigenvalue weighted by atomic mass is 9.43. The zero-order valence-corrected chi connectivity index (χ0v) is 31.4. The van der Waals surface area contributed by atoms with Crippen LogP contribution in [-0.2, 0) is 38.2 Å². The molecular weight excluding hydrogens is 650 g/mol. The van der Waals surface area contributed by atoms with Crippen molar-refractivity contribution in [1.29, 1.82) is 0 Å². The fraction of sp³-hybridized carbons (Fsp3) is 0.973. The van der Waals surface area contributed by atoms with E-state index in [4.69, 9.17) is 23.1 Å². The standard InChI is InChI=1S/C37H61NO10S/c1-21(24-9-10-25-31-26(13-15-36(24,25)7)35(6)14-12-23(39)16-22(35)17-28(31)40)8-11-30(41)38-49(42,43)45-20-37-27(18-33(2,3)48-37)32-29(19-44-37)46-34(4,5)47-32/h21-29,31-32,39-40H,8-20H2,1-7H3,(H,38,41)/t21-,22+,23-,24-,25?,26?,27?,28?,29-,31?,32+,35+,36-,37+/m1/s1. The summed E-state index contributed by atoms with van der Waals surface area (Å²) in [6.07, 6.45) is 7.91. The number of carbonyl (C=O) groups excluding carboxylic acids is 1. The van der Waals surface area contributed by atoms with Gasteiger partial charge in [-0.25, -0.2) is 8.91 Å². The second kappa shape index (κ2) is 12.4. The van der Waals surface area contributed by atoms with E-state index >= 15 is 0 Å². The van der Waals surface area contributed by atoms with E-state index in [-0.39, 0.29) is 66.0 Å². The number of amides is 1. The van der Waals surface area contributed by atoms with Crippen LogP contribution in [0.5, 0.6) is 0 Å². The molecule has 5 unspecified atom stereocenters. The third kappa shape index (κ3) is 6.44. The topological polar surface area (TPSA) is 150 Å². The monoisotopic (exact) mass is 711 g/mol. The van der Waals surface area contributed by atoms with E-state index in [0.717, 1.165) is 51.4 Å². The Balaban J connectivity index is 0.940. The van der Waals surface area contributed by atoms with Gasteiger partial charge in [0.05, 0.1) is 30.5 Å². The number of aliphatic hydroxyl groups excluding tert-OH is 2. The number of carbonyl (C=O) groups is 1. The third-order valence-electron chi connectivity index (χ3n) is 14.7. The van der Waals surface area contributed by atoms with Crippen molar-refractivity contribution >= 4 is 16.2 Å². The maximum Gasteiger partial charge on any atom is 0.362 e. The number of hydrogen-bond acceptors (Lipinski definition) is 10. The van der Waals surface area contributed by atoms with Crippen LogP contribution in [0.25, 0.3) is 0 Å². The molecule has 0 aromatic rings. The molecule has 3 N–H and O–H groups in total. The molecule has 0 bridgehead atoms. The number of fused-ring (bicyclic) bond motifs is 8. The van der Waals surface area contributed by atoms with Crippen LogP contribution in [0.15, 0.2) is 0 Å². The van der Waals surface area contributed by atoms with Gasteiger partial charge in [0.15, 0.2) is 11.6 Å². The summed E-state index contributed by atoms with van der Waals surface area (Å²) in [5, 5.41) is 21.9. The fourth-order valence-electron chi connectivity index (χ4n) is 12.6. The highest BCUT2D eigenvalue weighted by Gasteiger charge is 2.65. The average molecular weight is 712 g/mol. The van der Waals surface area contributed by atoms with E-state index in [1.807, 2.05) is 27.7 Å². The van der Waals surface area contributed by atoms with Gasteiger partial charge >= 0.3 is 10.3 Å². The van der Waals surface area contributed by atoms with Gasteiger partial charge in [-0.2, -0.15) is 8.42 Å². The summed E-state index contributed by atoms with van der Waals surface area (Å²) >= 11 is 0. The van der Waals surface area contributed by atoms with Crippen molar-refractivity contribution in [3.63, 3.8) is 0 Å². The van der Waals surface area contributed by atoms with Crippen LogP contribution in [0.1, 0.15) is 119 Å². The van der Waals surface area contributed by atoms with Crippen molar-refractivity contribution in [3.8, 4) is 0 Å². The molecule has 4 saturated carbocycles. The van der Waals surface area contributed by atoms with E-state index in [1.165, 1.54) is 0 Å². The molecule has 0 radical (unpaired) electrons. The number of ether oxygens (including phenoxy) is 4. The number of rotatable bonds is 8. The Hall–Kier alpha value is -0.860. The van der Waals surface area contributed by atoms with E-state index in [9.17, 15) is 23.4 Å². The molecule has 1 amide bonds. The van der Waals surface area contributed by atoms with Crippen molar-refractivity contribution in [1.82, 2.24) is 4.72 Å². The predicted molar refractivity (Wildman–Crippen MR) is 180 cm³/mol. The first kappa shape index (κ1) is 36.5.